The number of hydrogen-bond donors (Lipinski definition) is 1. The molecule has 0 aromatic heterocycles. The first-order chi connectivity index (χ1) is 16.4. The number of aryl methyl sites for hydroxylation is 1. The van der Waals surface area contributed by atoms with E-state index in [2.05, 4.69) is 5.32 Å². The summed E-state index contributed by atoms with van der Waals surface area (Å²) in [5.41, 5.74) is 2.97. The number of nitrogens with one attached hydrogen (secondary N) is 1. The van der Waals surface area contributed by atoms with Crippen LogP contribution in [0.15, 0.2) is 83.8 Å². The third kappa shape index (κ3) is 7.17. The van der Waals surface area contributed by atoms with Crippen LogP contribution in [-0.4, -0.2) is 31.7 Å². The molecule has 3 aromatic carbocycles. The maximum Gasteiger partial charge on any atom is 0.243 e. The average Bonchev–Trinajstić information content (AvgIpc) is 2.86. The van der Waals surface area contributed by atoms with Crippen LogP contribution >= 0.6 is 0 Å². The fourth-order valence-corrected chi connectivity index (χ4v) is 5.06. The molecular weight excluding hydrogens is 448 g/mol. The van der Waals surface area contributed by atoms with E-state index in [1.807, 2.05) is 68.4 Å². The maximum absolute atomic E-state index is 12.6. The van der Waals surface area contributed by atoms with E-state index >= 15 is 0 Å². The number of hydrogen-bond acceptors (Lipinski definition) is 4. The maximum atomic E-state index is 12.6. The Kier molecular flexibility index (Phi) is 9.24. The molecule has 6 nitrogen and oxygen atoms in total. The van der Waals surface area contributed by atoms with Crippen molar-refractivity contribution < 1.29 is 17.9 Å². The molecule has 0 unspecified atom stereocenters. The molecule has 1 amide bonds. The summed E-state index contributed by atoms with van der Waals surface area (Å²) in [7, 11) is -3.47. The van der Waals surface area contributed by atoms with Gasteiger partial charge < -0.3 is 10.1 Å². The molecule has 0 saturated heterocycles. The van der Waals surface area contributed by atoms with E-state index in [0.29, 0.717) is 39.1 Å². The molecule has 3 aromatic rings. The Morgan fingerprint density at radius 1 is 0.853 bits per heavy atom. The van der Waals surface area contributed by atoms with Gasteiger partial charge in [-0.05, 0) is 47.4 Å². The normalized spacial score (nSPS) is 11.4. The van der Waals surface area contributed by atoms with E-state index in [9.17, 15) is 13.2 Å². The topological polar surface area (TPSA) is 75.7 Å². The molecular formula is C27H32N2O4S. The van der Waals surface area contributed by atoms with Crippen LogP contribution in [0.25, 0.3) is 0 Å². The summed E-state index contributed by atoms with van der Waals surface area (Å²) in [5.74, 6) is 0.769. The molecule has 0 aliphatic rings. The van der Waals surface area contributed by atoms with Gasteiger partial charge in [0, 0.05) is 26.1 Å². The van der Waals surface area contributed by atoms with Gasteiger partial charge in [-0.25, -0.2) is 8.42 Å². The Balaban J connectivity index is 1.46. The highest BCUT2D eigenvalue weighted by Gasteiger charge is 2.21. The molecule has 0 radical (unpaired) electrons. The summed E-state index contributed by atoms with van der Waals surface area (Å²) < 4.78 is 32.4. The third-order valence-corrected chi connectivity index (χ3v) is 7.60. The van der Waals surface area contributed by atoms with Crippen molar-refractivity contribution in [2.75, 3.05) is 13.1 Å². The van der Waals surface area contributed by atoms with Gasteiger partial charge in [0.25, 0.3) is 0 Å². The number of benzene rings is 3. The second-order valence-corrected chi connectivity index (χ2v) is 9.87. The first kappa shape index (κ1) is 25.5. The highest BCUT2D eigenvalue weighted by molar-refractivity contribution is 7.89. The van der Waals surface area contributed by atoms with Crippen LogP contribution in [-0.2, 0) is 34.4 Å². The zero-order valence-electron chi connectivity index (χ0n) is 19.7. The SMILES string of the molecule is CCN(CC)S(=O)(=O)c1ccc(CCC(=O)NCc2cccc(COc3ccccc3)c2)cc1. The molecule has 7 heteroatoms. The minimum Gasteiger partial charge on any atom is -0.489 e. The number of ether oxygens (including phenoxy) is 1. The van der Waals surface area contributed by atoms with Crippen molar-refractivity contribution >= 4 is 15.9 Å². The molecule has 3 rings (SSSR count). The smallest absolute Gasteiger partial charge is 0.243 e. The molecule has 0 aliphatic heterocycles. The quantitative estimate of drug-likeness (QED) is 0.413. The second-order valence-electron chi connectivity index (χ2n) is 7.93. The van der Waals surface area contributed by atoms with E-state index in [-0.39, 0.29) is 10.8 Å². The average molecular weight is 481 g/mol. The van der Waals surface area contributed by atoms with E-state index in [0.717, 1.165) is 22.4 Å². The van der Waals surface area contributed by atoms with Crippen LogP contribution in [0.1, 0.15) is 37.0 Å². The van der Waals surface area contributed by atoms with Crippen molar-refractivity contribution in [1.82, 2.24) is 9.62 Å². The van der Waals surface area contributed by atoms with Crippen molar-refractivity contribution in [3.8, 4) is 5.75 Å². The van der Waals surface area contributed by atoms with Crippen LogP contribution in [0.5, 0.6) is 5.75 Å². The van der Waals surface area contributed by atoms with Gasteiger partial charge in [0.15, 0.2) is 0 Å². The van der Waals surface area contributed by atoms with E-state index in [1.165, 1.54) is 4.31 Å². The molecule has 1 N–H and O–H groups in total. The first-order valence-corrected chi connectivity index (χ1v) is 13.0. The van der Waals surface area contributed by atoms with Crippen molar-refractivity contribution in [2.45, 2.75) is 44.7 Å². The lowest BCUT2D eigenvalue weighted by Crippen LogP contribution is -2.30. The number of amides is 1. The zero-order valence-corrected chi connectivity index (χ0v) is 20.6. The lowest BCUT2D eigenvalue weighted by molar-refractivity contribution is -0.121. The minimum absolute atomic E-state index is 0.0502. The van der Waals surface area contributed by atoms with Crippen molar-refractivity contribution in [3.63, 3.8) is 0 Å². The Morgan fingerprint density at radius 3 is 2.21 bits per heavy atom. The highest BCUT2D eigenvalue weighted by Crippen LogP contribution is 2.17. The van der Waals surface area contributed by atoms with Crippen molar-refractivity contribution in [1.29, 1.82) is 0 Å². The van der Waals surface area contributed by atoms with E-state index in [4.69, 9.17) is 4.74 Å². The number of nitrogens with zero attached hydrogens (tertiary/aromatic N) is 1. The zero-order chi connectivity index (χ0) is 24.4. The lowest BCUT2D eigenvalue weighted by atomic mass is 10.1. The Bertz CT molecular complexity index is 1160. The molecule has 0 bridgehead atoms. The molecule has 0 fully saturated rings. The third-order valence-electron chi connectivity index (χ3n) is 5.54. The predicted octanol–water partition coefficient (Wildman–Crippen LogP) is 4.55. The summed E-state index contributed by atoms with van der Waals surface area (Å²) in [6.45, 7) is 5.42. The van der Waals surface area contributed by atoms with Crippen molar-refractivity contribution in [2.24, 2.45) is 0 Å². The van der Waals surface area contributed by atoms with Gasteiger partial charge in [0.05, 0.1) is 4.90 Å². The Labute approximate surface area is 202 Å². The fraction of sp³-hybridized carbons (Fsp3) is 0.296. The number of carbonyl (C=O) groups excluding carboxylic acids is 1. The predicted molar refractivity (Wildman–Crippen MR) is 134 cm³/mol. The summed E-state index contributed by atoms with van der Waals surface area (Å²) in [6.07, 6.45) is 0.876. The monoisotopic (exact) mass is 480 g/mol. The van der Waals surface area contributed by atoms with Gasteiger partial charge in [0.2, 0.25) is 15.9 Å². The van der Waals surface area contributed by atoms with Crippen molar-refractivity contribution in [3.05, 3.63) is 95.6 Å². The summed E-state index contributed by atoms with van der Waals surface area (Å²) >= 11 is 0. The van der Waals surface area contributed by atoms with Gasteiger partial charge >= 0.3 is 0 Å². The summed E-state index contributed by atoms with van der Waals surface area (Å²) in [4.78, 5) is 12.6. The molecule has 0 saturated carbocycles. The number of carbonyl (C=O) groups is 1. The van der Waals surface area contributed by atoms with E-state index < -0.39 is 10.0 Å². The fourth-order valence-electron chi connectivity index (χ4n) is 3.60. The molecule has 180 valence electrons. The molecule has 0 heterocycles. The number of para-hydroxylation sites is 1. The minimum atomic E-state index is -3.47. The van der Waals surface area contributed by atoms with Crippen LogP contribution in [0, 0.1) is 0 Å². The van der Waals surface area contributed by atoms with Gasteiger partial charge in [-0.2, -0.15) is 4.31 Å². The summed E-state index contributed by atoms with van der Waals surface area (Å²) in [5, 5.41) is 2.95. The highest BCUT2D eigenvalue weighted by atomic mass is 32.2. The first-order valence-electron chi connectivity index (χ1n) is 11.5. The molecule has 34 heavy (non-hydrogen) atoms. The van der Waals surface area contributed by atoms with Gasteiger partial charge in [-0.1, -0.05) is 68.4 Å². The lowest BCUT2D eigenvalue weighted by Gasteiger charge is -2.18. The van der Waals surface area contributed by atoms with Crippen LogP contribution in [0.3, 0.4) is 0 Å². The van der Waals surface area contributed by atoms with Crippen LogP contribution in [0.2, 0.25) is 0 Å². The Morgan fingerprint density at radius 2 is 1.53 bits per heavy atom. The largest absolute Gasteiger partial charge is 0.489 e. The number of sulfonamides is 1. The molecule has 0 atom stereocenters. The number of rotatable bonds is 12. The van der Waals surface area contributed by atoms with Gasteiger partial charge in [0.1, 0.15) is 12.4 Å². The second kappa shape index (κ2) is 12.3. The standard InChI is InChI=1S/C27H32N2O4S/c1-3-29(4-2)34(31,32)26-16-13-22(14-17-26)15-18-27(30)28-20-23-9-8-10-24(19-23)21-33-25-11-6-5-7-12-25/h5-14,16-17,19H,3-4,15,18,20-21H2,1-2H3,(H,28,30). The van der Waals surface area contributed by atoms with Crippen LogP contribution < -0.4 is 10.1 Å². The van der Waals surface area contributed by atoms with E-state index in [1.54, 1.807) is 24.3 Å². The van der Waals surface area contributed by atoms with Gasteiger partial charge in [-0.15, -0.1) is 0 Å². The summed E-state index contributed by atoms with van der Waals surface area (Å²) in [6, 6.07) is 24.4. The molecule has 0 aliphatic carbocycles. The Hall–Kier alpha value is -3.16. The molecule has 0 spiro atoms. The van der Waals surface area contributed by atoms with Crippen LogP contribution in [0.4, 0.5) is 0 Å². The van der Waals surface area contributed by atoms with Gasteiger partial charge in [-0.3, -0.25) is 4.79 Å².